The number of fused-ring (bicyclic) bond motifs is 1. The number of carbonyl (C=O) groups excluding carboxylic acids is 2. The number of hydrogen-bond acceptors (Lipinski definition) is 8. The van der Waals surface area contributed by atoms with Crippen molar-refractivity contribution in [3.8, 4) is 0 Å². The number of rotatable bonds is 6. The molecule has 9 nitrogen and oxygen atoms in total. The lowest BCUT2D eigenvalue weighted by molar-refractivity contribution is -0.119. The summed E-state index contributed by atoms with van der Waals surface area (Å²) in [7, 11) is -3.93. The molecule has 1 aliphatic rings. The number of nitrogens with zero attached hydrogens (tertiary/aromatic N) is 3. The van der Waals surface area contributed by atoms with E-state index in [2.05, 4.69) is 14.1 Å². The van der Waals surface area contributed by atoms with Gasteiger partial charge < -0.3 is 10.1 Å². The van der Waals surface area contributed by atoms with Gasteiger partial charge in [0.05, 0.1) is 23.9 Å². The van der Waals surface area contributed by atoms with Crippen LogP contribution in [-0.4, -0.2) is 52.5 Å². The van der Waals surface area contributed by atoms with Crippen molar-refractivity contribution in [3.63, 3.8) is 0 Å². The number of benzene rings is 2. The quantitative estimate of drug-likeness (QED) is 0.562. The van der Waals surface area contributed by atoms with E-state index in [0.29, 0.717) is 35.1 Å². The zero-order chi connectivity index (χ0) is 22.0. The molecule has 0 bridgehead atoms. The average molecular weight is 461 g/mol. The van der Waals surface area contributed by atoms with E-state index >= 15 is 0 Å². The van der Waals surface area contributed by atoms with E-state index in [4.69, 9.17) is 4.74 Å². The van der Waals surface area contributed by atoms with E-state index in [0.717, 1.165) is 11.7 Å². The van der Waals surface area contributed by atoms with Gasteiger partial charge in [0.1, 0.15) is 22.0 Å². The number of anilines is 1. The lowest BCUT2D eigenvalue weighted by Gasteiger charge is -2.23. The largest absolute Gasteiger partial charge is 0.462 e. The molecule has 1 N–H and O–H groups in total. The highest BCUT2D eigenvalue weighted by atomic mass is 32.2. The molecule has 11 heteroatoms. The highest BCUT2D eigenvalue weighted by molar-refractivity contribution is 7.89. The topological polar surface area (TPSA) is 119 Å². The standard InChI is InChI=1S/C20H20N4O5S2/c1-2-29-20(26)13-8-10-14(11-9-13)21-19(25)16-6-4-12-24(16)31(27,28)17-7-3-5-15-18(17)23-30-22-15/h3,5,7-11,16H,2,4,6,12H2,1H3,(H,21,25)/t16-/m0/s1. The van der Waals surface area contributed by atoms with Gasteiger partial charge in [-0.3, -0.25) is 4.79 Å². The summed E-state index contributed by atoms with van der Waals surface area (Å²) >= 11 is 0.946. The first-order chi connectivity index (χ1) is 14.9. The van der Waals surface area contributed by atoms with Crippen LogP contribution in [0.1, 0.15) is 30.1 Å². The summed E-state index contributed by atoms with van der Waals surface area (Å²) in [5, 5.41) is 2.74. The molecule has 0 radical (unpaired) electrons. The SMILES string of the molecule is CCOC(=O)c1ccc(NC(=O)[C@@H]2CCCN2S(=O)(=O)c2cccc3nsnc23)cc1. The number of esters is 1. The van der Waals surface area contributed by atoms with Gasteiger partial charge in [0.15, 0.2) is 0 Å². The molecule has 1 fully saturated rings. The van der Waals surface area contributed by atoms with E-state index in [-0.39, 0.29) is 18.0 Å². The Morgan fingerprint density at radius 3 is 2.71 bits per heavy atom. The number of aromatic nitrogens is 2. The molecule has 1 amide bonds. The zero-order valence-corrected chi connectivity index (χ0v) is 18.3. The summed E-state index contributed by atoms with van der Waals surface area (Å²) in [6.07, 6.45) is 0.988. The minimum absolute atomic E-state index is 0.0530. The van der Waals surface area contributed by atoms with E-state index in [1.165, 1.54) is 10.4 Å². The van der Waals surface area contributed by atoms with Crippen LogP contribution in [0.2, 0.25) is 0 Å². The summed E-state index contributed by atoms with van der Waals surface area (Å²) in [6, 6.07) is 10.2. The molecular formula is C20H20N4O5S2. The molecule has 0 saturated carbocycles. The van der Waals surface area contributed by atoms with Crippen molar-refractivity contribution >= 4 is 50.3 Å². The van der Waals surface area contributed by atoms with Gasteiger partial charge in [0, 0.05) is 12.2 Å². The third-order valence-electron chi connectivity index (χ3n) is 5.01. The van der Waals surface area contributed by atoms with Crippen LogP contribution >= 0.6 is 11.7 Å². The molecule has 2 aromatic carbocycles. The molecule has 31 heavy (non-hydrogen) atoms. The summed E-state index contributed by atoms with van der Waals surface area (Å²) in [4.78, 5) is 24.7. The van der Waals surface area contributed by atoms with Crippen molar-refractivity contribution in [1.82, 2.24) is 13.1 Å². The maximum atomic E-state index is 13.3. The normalized spacial score (nSPS) is 17.0. The zero-order valence-electron chi connectivity index (χ0n) is 16.6. The average Bonchev–Trinajstić information content (AvgIpc) is 3.44. The lowest BCUT2D eigenvalue weighted by Crippen LogP contribution is -2.43. The molecular weight excluding hydrogens is 440 g/mol. The first-order valence-corrected chi connectivity index (χ1v) is 11.9. The fraction of sp³-hybridized carbons (Fsp3) is 0.300. The fourth-order valence-corrected chi connectivity index (χ4v) is 5.95. The van der Waals surface area contributed by atoms with Crippen molar-refractivity contribution in [3.05, 3.63) is 48.0 Å². The van der Waals surface area contributed by atoms with Crippen LogP contribution < -0.4 is 5.32 Å². The molecule has 0 spiro atoms. The van der Waals surface area contributed by atoms with E-state index in [9.17, 15) is 18.0 Å². The Balaban J connectivity index is 1.53. The molecule has 1 atom stereocenters. The van der Waals surface area contributed by atoms with Crippen LogP contribution in [0.3, 0.4) is 0 Å². The van der Waals surface area contributed by atoms with Gasteiger partial charge in [-0.1, -0.05) is 6.07 Å². The van der Waals surface area contributed by atoms with Crippen LogP contribution in [0.5, 0.6) is 0 Å². The number of ether oxygens (including phenoxy) is 1. The fourth-order valence-electron chi connectivity index (χ4n) is 3.54. The van der Waals surface area contributed by atoms with E-state index < -0.39 is 27.9 Å². The summed E-state index contributed by atoms with van der Waals surface area (Å²) < 4.78 is 41.0. The molecule has 4 rings (SSSR count). The third-order valence-corrected chi connectivity index (χ3v) is 7.49. The lowest BCUT2D eigenvalue weighted by atomic mass is 10.2. The molecule has 1 aliphatic heterocycles. The van der Waals surface area contributed by atoms with Crippen LogP contribution in [0, 0.1) is 0 Å². The second-order valence-electron chi connectivity index (χ2n) is 6.95. The molecule has 2 heterocycles. The molecule has 0 unspecified atom stereocenters. The van der Waals surface area contributed by atoms with Crippen molar-refractivity contribution in [1.29, 1.82) is 0 Å². The molecule has 0 aliphatic carbocycles. The first-order valence-electron chi connectivity index (χ1n) is 9.73. The van der Waals surface area contributed by atoms with Crippen LogP contribution in [0.4, 0.5) is 5.69 Å². The van der Waals surface area contributed by atoms with Crippen molar-refractivity contribution in [2.24, 2.45) is 0 Å². The van der Waals surface area contributed by atoms with Crippen LogP contribution in [0.15, 0.2) is 47.4 Å². The number of hydrogen-bond donors (Lipinski definition) is 1. The number of amides is 1. The monoisotopic (exact) mass is 460 g/mol. The maximum Gasteiger partial charge on any atom is 0.338 e. The van der Waals surface area contributed by atoms with Crippen molar-refractivity contribution < 1.29 is 22.7 Å². The Morgan fingerprint density at radius 2 is 1.97 bits per heavy atom. The Morgan fingerprint density at radius 1 is 1.19 bits per heavy atom. The second-order valence-corrected chi connectivity index (χ2v) is 9.34. The molecule has 1 aromatic heterocycles. The smallest absolute Gasteiger partial charge is 0.338 e. The Kier molecular flexibility index (Phi) is 5.99. The van der Waals surface area contributed by atoms with E-state index in [1.54, 1.807) is 43.3 Å². The van der Waals surface area contributed by atoms with Gasteiger partial charge in [-0.2, -0.15) is 13.1 Å². The van der Waals surface area contributed by atoms with E-state index in [1.807, 2.05) is 0 Å². The van der Waals surface area contributed by atoms with Gasteiger partial charge in [0.2, 0.25) is 15.9 Å². The maximum absolute atomic E-state index is 13.3. The highest BCUT2D eigenvalue weighted by Gasteiger charge is 2.40. The Bertz CT molecular complexity index is 1220. The summed E-state index contributed by atoms with van der Waals surface area (Å²) in [6.45, 7) is 2.24. The Labute approximate surface area is 183 Å². The van der Waals surface area contributed by atoms with Gasteiger partial charge in [0.25, 0.3) is 0 Å². The Hall–Kier alpha value is -2.89. The minimum atomic E-state index is -3.93. The van der Waals surface area contributed by atoms with Gasteiger partial charge >= 0.3 is 5.97 Å². The number of nitrogens with one attached hydrogen (secondary N) is 1. The predicted octanol–water partition coefficient (Wildman–Crippen LogP) is 2.66. The second kappa shape index (κ2) is 8.69. The number of carbonyl (C=O) groups is 2. The first kappa shape index (κ1) is 21.3. The molecule has 1 saturated heterocycles. The minimum Gasteiger partial charge on any atom is -0.462 e. The summed E-state index contributed by atoms with van der Waals surface area (Å²) in [5.41, 5.74) is 1.66. The van der Waals surface area contributed by atoms with Gasteiger partial charge in [-0.05, 0) is 56.2 Å². The molecule has 162 valence electrons. The van der Waals surface area contributed by atoms with Crippen molar-refractivity contribution in [2.45, 2.75) is 30.7 Å². The van der Waals surface area contributed by atoms with Crippen LogP contribution in [-0.2, 0) is 19.6 Å². The van der Waals surface area contributed by atoms with Crippen molar-refractivity contribution in [2.75, 3.05) is 18.5 Å². The highest BCUT2D eigenvalue weighted by Crippen LogP contribution is 2.30. The predicted molar refractivity (Wildman–Crippen MR) is 115 cm³/mol. The molecule has 3 aromatic rings. The van der Waals surface area contributed by atoms with Crippen LogP contribution in [0.25, 0.3) is 11.0 Å². The number of sulfonamides is 1. The van der Waals surface area contributed by atoms with Gasteiger partial charge in [-0.15, -0.1) is 0 Å². The summed E-state index contributed by atoms with van der Waals surface area (Å²) in [5.74, 6) is -0.868. The third kappa shape index (κ3) is 4.16. The van der Waals surface area contributed by atoms with Gasteiger partial charge in [-0.25, -0.2) is 13.2 Å².